The predicted molar refractivity (Wildman–Crippen MR) is 50.9 cm³/mol. The Morgan fingerprint density at radius 3 is 2.64 bits per heavy atom. The second-order valence-corrected chi connectivity index (χ2v) is 4.17. The Bertz CT molecular complexity index is 210. The van der Waals surface area contributed by atoms with Crippen LogP contribution in [-0.4, -0.2) is 12.6 Å². The number of carbonyl (C=O) groups excluding carboxylic acids is 1. The molecule has 1 fully saturated rings. The minimum Gasteiger partial charge on any atom is -0.373 e. The summed E-state index contributed by atoms with van der Waals surface area (Å²) >= 11 is 0. The van der Waals surface area contributed by atoms with E-state index in [-0.39, 0.29) is 18.1 Å². The lowest BCUT2D eigenvalue weighted by atomic mass is 9.96. The van der Waals surface area contributed by atoms with Gasteiger partial charge in [-0.05, 0) is 25.2 Å². The van der Waals surface area contributed by atoms with Gasteiger partial charge in [0.2, 0.25) is 0 Å². The van der Waals surface area contributed by atoms with Crippen LogP contribution in [0.1, 0.15) is 39.0 Å². The fourth-order valence-corrected chi connectivity index (χ4v) is 2.05. The monoisotopic (exact) mass is 203 g/mol. The van der Waals surface area contributed by atoms with Crippen molar-refractivity contribution in [3.05, 3.63) is 0 Å². The average molecular weight is 203 g/mol. The molecule has 82 valence electrons. The van der Waals surface area contributed by atoms with Crippen molar-refractivity contribution in [2.24, 2.45) is 17.2 Å². The largest absolute Gasteiger partial charge is 0.373 e. The molecule has 3 nitrogen and oxygen atoms in total. The summed E-state index contributed by atoms with van der Waals surface area (Å²) < 4.78 is 11.8. The molecule has 2 unspecified atom stereocenters. The Kier molecular flexibility index (Phi) is 3.86. The highest BCUT2D eigenvalue weighted by Gasteiger charge is 2.57. The van der Waals surface area contributed by atoms with E-state index in [9.17, 15) is 9.18 Å². The molecule has 14 heavy (non-hydrogen) atoms. The Balaban J connectivity index is 2.29. The van der Waals surface area contributed by atoms with Crippen LogP contribution in [0.2, 0.25) is 0 Å². The zero-order valence-corrected chi connectivity index (χ0v) is 8.59. The zero-order chi connectivity index (χ0) is 10.6. The van der Waals surface area contributed by atoms with E-state index < -0.39 is 0 Å². The molecule has 1 saturated carbocycles. The van der Waals surface area contributed by atoms with Crippen LogP contribution in [0.25, 0.3) is 0 Å². The van der Waals surface area contributed by atoms with Crippen LogP contribution in [0.5, 0.6) is 0 Å². The first-order chi connectivity index (χ1) is 6.67. The first-order valence-corrected chi connectivity index (χ1v) is 5.14. The molecule has 0 aromatic heterocycles. The molecule has 4 heteroatoms. The minimum absolute atomic E-state index is 0.274. The molecule has 0 radical (unpaired) electrons. The minimum atomic E-state index is -0.342. The van der Waals surface area contributed by atoms with E-state index in [0.717, 1.165) is 25.7 Å². The molecule has 0 spiro atoms. The van der Waals surface area contributed by atoms with Gasteiger partial charge >= 0.3 is 5.97 Å². The molecule has 1 rings (SSSR count). The number of alkyl halides is 1. The van der Waals surface area contributed by atoms with Crippen molar-refractivity contribution in [1.29, 1.82) is 0 Å². The van der Waals surface area contributed by atoms with Gasteiger partial charge in [0.05, 0.1) is 12.1 Å². The Labute approximate surface area is 83.8 Å². The lowest BCUT2D eigenvalue weighted by molar-refractivity contribution is -0.151. The summed E-state index contributed by atoms with van der Waals surface area (Å²) in [5, 5.41) is 0. The van der Waals surface area contributed by atoms with Crippen LogP contribution in [0, 0.1) is 11.3 Å². The molecule has 2 N–H and O–H groups in total. The summed E-state index contributed by atoms with van der Waals surface area (Å²) in [7, 11) is 0. The summed E-state index contributed by atoms with van der Waals surface area (Å²) in [6.07, 6.45) is 3.94. The van der Waals surface area contributed by atoms with Crippen molar-refractivity contribution >= 4 is 5.97 Å². The quantitative estimate of drug-likeness (QED) is 0.530. The molecular formula is C10H18FNO2. The van der Waals surface area contributed by atoms with Crippen molar-refractivity contribution < 1.29 is 14.0 Å². The lowest BCUT2D eigenvalue weighted by Crippen LogP contribution is -2.23. The van der Waals surface area contributed by atoms with Gasteiger partial charge < -0.3 is 4.84 Å². The normalized spacial score (nSPS) is 30.1. The molecule has 0 aromatic carbocycles. The number of unbranched alkanes of at least 4 members (excludes halogenated alkanes) is 2. The van der Waals surface area contributed by atoms with Gasteiger partial charge in [-0.3, -0.25) is 4.39 Å². The van der Waals surface area contributed by atoms with E-state index in [1.165, 1.54) is 0 Å². The predicted octanol–water partition coefficient (Wildman–Crippen LogP) is 1.96. The van der Waals surface area contributed by atoms with E-state index >= 15 is 0 Å². The highest BCUT2D eigenvalue weighted by molar-refractivity contribution is 5.80. The van der Waals surface area contributed by atoms with Crippen molar-refractivity contribution in [2.45, 2.75) is 39.0 Å². The molecular weight excluding hydrogens is 185 g/mol. The van der Waals surface area contributed by atoms with E-state index in [1.54, 1.807) is 0 Å². The summed E-state index contributed by atoms with van der Waals surface area (Å²) in [4.78, 5) is 15.6. The summed E-state index contributed by atoms with van der Waals surface area (Å²) in [5.74, 6) is 4.95. The highest BCUT2D eigenvalue weighted by Crippen LogP contribution is 2.56. The molecule has 0 aliphatic heterocycles. The average Bonchev–Trinajstić information content (AvgIpc) is 2.84. The Morgan fingerprint density at radius 2 is 2.21 bits per heavy atom. The van der Waals surface area contributed by atoms with Crippen LogP contribution in [0.3, 0.4) is 0 Å². The second-order valence-electron chi connectivity index (χ2n) is 4.17. The van der Waals surface area contributed by atoms with E-state index in [0.29, 0.717) is 12.3 Å². The van der Waals surface area contributed by atoms with Gasteiger partial charge in [0, 0.05) is 0 Å². The van der Waals surface area contributed by atoms with Crippen molar-refractivity contribution in [3.63, 3.8) is 0 Å². The fourth-order valence-electron chi connectivity index (χ4n) is 2.05. The molecule has 0 bridgehead atoms. The first kappa shape index (κ1) is 11.4. The smallest absolute Gasteiger partial charge is 0.330 e. The number of hydrogen-bond donors (Lipinski definition) is 1. The van der Waals surface area contributed by atoms with Crippen LogP contribution in [0.15, 0.2) is 0 Å². The molecule has 0 aromatic rings. The van der Waals surface area contributed by atoms with Crippen molar-refractivity contribution in [2.75, 3.05) is 6.67 Å². The number of carbonyl (C=O) groups is 1. The standard InChI is InChI=1S/C10H18FNO2/c1-8-7-10(8,9(13)14-12)5-3-2-4-6-11/h8H,2-7,12H2,1H3. The van der Waals surface area contributed by atoms with Gasteiger partial charge in [0.25, 0.3) is 0 Å². The molecule has 0 amide bonds. The lowest BCUT2D eigenvalue weighted by Gasteiger charge is -2.12. The van der Waals surface area contributed by atoms with Gasteiger partial charge in [-0.25, -0.2) is 4.79 Å². The van der Waals surface area contributed by atoms with Crippen LogP contribution in [0.4, 0.5) is 4.39 Å². The van der Waals surface area contributed by atoms with Gasteiger partial charge in [-0.2, -0.15) is 5.90 Å². The Morgan fingerprint density at radius 1 is 1.57 bits per heavy atom. The number of nitrogens with two attached hydrogens (primary N) is 1. The van der Waals surface area contributed by atoms with Gasteiger partial charge in [0.1, 0.15) is 0 Å². The van der Waals surface area contributed by atoms with Crippen LogP contribution < -0.4 is 5.90 Å². The third-order valence-electron chi connectivity index (χ3n) is 3.22. The second kappa shape index (κ2) is 4.73. The molecule has 2 atom stereocenters. The van der Waals surface area contributed by atoms with Crippen molar-refractivity contribution in [1.82, 2.24) is 0 Å². The molecule has 1 aliphatic rings. The third-order valence-corrected chi connectivity index (χ3v) is 3.22. The Hall–Kier alpha value is -0.640. The maximum atomic E-state index is 11.8. The van der Waals surface area contributed by atoms with Crippen molar-refractivity contribution in [3.8, 4) is 0 Å². The van der Waals surface area contributed by atoms with E-state index in [4.69, 9.17) is 5.90 Å². The van der Waals surface area contributed by atoms with E-state index in [1.807, 2.05) is 6.92 Å². The SMILES string of the molecule is CC1CC1(CCCCCF)C(=O)ON. The summed E-state index contributed by atoms with van der Waals surface area (Å²) in [6.45, 7) is 1.75. The number of halogens is 1. The topological polar surface area (TPSA) is 52.3 Å². The molecule has 1 aliphatic carbocycles. The molecule has 0 heterocycles. The third kappa shape index (κ3) is 2.23. The van der Waals surface area contributed by atoms with Gasteiger partial charge in [-0.1, -0.05) is 19.8 Å². The van der Waals surface area contributed by atoms with E-state index in [2.05, 4.69) is 4.84 Å². The van der Waals surface area contributed by atoms with Crippen LogP contribution in [-0.2, 0) is 9.63 Å². The number of hydrogen-bond acceptors (Lipinski definition) is 3. The van der Waals surface area contributed by atoms with Crippen LogP contribution >= 0.6 is 0 Å². The molecule has 0 saturated heterocycles. The first-order valence-electron chi connectivity index (χ1n) is 5.14. The van der Waals surface area contributed by atoms with Gasteiger partial charge in [0.15, 0.2) is 0 Å². The maximum absolute atomic E-state index is 11.8. The summed E-state index contributed by atoms with van der Waals surface area (Å²) in [6, 6.07) is 0. The summed E-state index contributed by atoms with van der Waals surface area (Å²) in [5.41, 5.74) is -0.342. The fraction of sp³-hybridized carbons (Fsp3) is 0.900. The highest BCUT2D eigenvalue weighted by atomic mass is 19.1. The maximum Gasteiger partial charge on any atom is 0.330 e. The zero-order valence-electron chi connectivity index (χ0n) is 8.59. The number of rotatable bonds is 6. The van der Waals surface area contributed by atoms with Gasteiger partial charge in [-0.15, -0.1) is 0 Å².